The van der Waals surface area contributed by atoms with E-state index >= 15 is 0 Å². The van der Waals surface area contributed by atoms with Gasteiger partial charge in [0.2, 0.25) is 0 Å². The number of anilines is 1. The minimum atomic E-state index is -1.22. The van der Waals surface area contributed by atoms with E-state index in [9.17, 15) is 14.4 Å². The minimum absolute atomic E-state index is 0.0158. The van der Waals surface area contributed by atoms with Crippen molar-refractivity contribution in [2.45, 2.75) is 0 Å². The second kappa shape index (κ2) is 7.67. The first kappa shape index (κ1) is 18.3. The molecule has 2 rings (SSSR count). The predicted octanol–water partition coefficient (Wildman–Crippen LogP) is 3.09. The zero-order valence-corrected chi connectivity index (χ0v) is 14.1. The minimum Gasteiger partial charge on any atom is -0.496 e. The van der Waals surface area contributed by atoms with Crippen LogP contribution in [0, 0.1) is 0 Å². The molecular weight excluding hydrogens is 350 g/mol. The smallest absolute Gasteiger partial charge is 0.339 e. The summed E-state index contributed by atoms with van der Waals surface area (Å²) in [6, 6.07) is 8.57. The van der Waals surface area contributed by atoms with Gasteiger partial charge in [-0.1, -0.05) is 23.7 Å². The lowest BCUT2D eigenvalue weighted by molar-refractivity contribution is 0.0596. The number of aromatic carboxylic acids is 1. The van der Waals surface area contributed by atoms with Crippen LogP contribution in [0.5, 0.6) is 5.75 Å². The molecule has 0 saturated carbocycles. The standard InChI is InChI=1S/C17H14ClNO6/c1-24-14-8-13(12(18)7-11(14)16(21)22)19-15(20)9-5-3-4-6-10(9)17(23)25-2/h3-8H,1-2H3,(H,19,20)(H,21,22). The van der Waals surface area contributed by atoms with Crippen LogP contribution >= 0.6 is 11.6 Å². The molecule has 8 heteroatoms. The van der Waals surface area contributed by atoms with Crippen molar-refractivity contribution < 1.29 is 29.0 Å². The number of ether oxygens (including phenoxy) is 2. The fourth-order valence-electron chi connectivity index (χ4n) is 2.14. The molecule has 2 aromatic rings. The van der Waals surface area contributed by atoms with Crippen LogP contribution in [-0.4, -0.2) is 37.2 Å². The third-order valence-corrected chi connectivity index (χ3v) is 3.66. The summed E-state index contributed by atoms with van der Waals surface area (Å²) >= 11 is 6.04. The third-order valence-electron chi connectivity index (χ3n) is 3.34. The Hall–Kier alpha value is -3.06. The van der Waals surface area contributed by atoms with E-state index in [-0.39, 0.29) is 33.1 Å². The molecule has 0 fully saturated rings. The summed E-state index contributed by atoms with van der Waals surface area (Å²) in [4.78, 5) is 35.4. The van der Waals surface area contributed by atoms with E-state index in [0.29, 0.717) is 0 Å². The van der Waals surface area contributed by atoms with E-state index in [4.69, 9.17) is 21.4 Å². The van der Waals surface area contributed by atoms with Crippen LogP contribution in [-0.2, 0) is 4.74 Å². The van der Waals surface area contributed by atoms with Crippen LogP contribution in [0.3, 0.4) is 0 Å². The average molecular weight is 364 g/mol. The summed E-state index contributed by atoms with van der Waals surface area (Å²) < 4.78 is 9.65. The summed E-state index contributed by atoms with van der Waals surface area (Å²) in [7, 11) is 2.51. The van der Waals surface area contributed by atoms with Gasteiger partial charge in [-0.2, -0.15) is 0 Å². The number of esters is 1. The van der Waals surface area contributed by atoms with Crippen molar-refractivity contribution in [3.8, 4) is 5.75 Å². The monoisotopic (exact) mass is 363 g/mol. The van der Waals surface area contributed by atoms with Gasteiger partial charge in [0.15, 0.2) is 0 Å². The van der Waals surface area contributed by atoms with Crippen molar-refractivity contribution >= 4 is 35.1 Å². The number of carbonyl (C=O) groups excluding carboxylic acids is 2. The molecule has 0 bridgehead atoms. The number of rotatable bonds is 5. The SMILES string of the molecule is COC(=O)c1ccccc1C(=O)Nc1cc(OC)c(C(=O)O)cc1Cl. The summed E-state index contributed by atoms with van der Waals surface area (Å²) in [6.07, 6.45) is 0. The fourth-order valence-corrected chi connectivity index (χ4v) is 2.35. The normalized spacial score (nSPS) is 10.0. The Labute approximate surface area is 148 Å². The molecule has 0 radical (unpaired) electrons. The molecule has 0 spiro atoms. The number of carboxylic acids is 1. The van der Waals surface area contributed by atoms with Crippen LogP contribution in [0.4, 0.5) is 5.69 Å². The molecule has 0 aliphatic carbocycles. The van der Waals surface area contributed by atoms with Crippen LogP contribution in [0.15, 0.2) is 36.4 Å². The molecule has 1 amide bonds. The van der Waals surface area contributed by atoms with Crippen LogP contribution in [0.1, 0.15) is 31.1 Å². The van der Waals surface area contributed by atoms with Crippen molar-refractivity contribution in [1.82, 2.24) is 0 Å². The molecule has 7 nitrogen and oxygen atoms in total. The van der Waals surface area contributed by atoms with E-state index < -0.39 is 17.8 Å². The number of nitrogens with one attached hydrogen (secondary N) is 1. The van der Waals surface area contributed by atoms with E-state index in [0.717, 1.165) is 0 Å². The number of carbonyl (C=O) groups is 3. The Kier molecular flexibility index (Phi) is 5.61. The average Bonchev–Trinajstić information content (AvgIpc) is 2.62. The second-order valence-corrected chi connectivity index (χ2v) is 5.24. The number of halogens is 1. The quantitative estimate of drug-likeness (QED) is 0.791. The second-order valence-electron chi connectivity index (χ2n) is 4.83. The molecule has 0 heterocycles. The maximum atomic E-state index is 12.5. The van der Waals surface area contributed by atoms with Gasteiger partial charge in [0.1, 0.15) is 11.3 Å². The lowest BCUT2D eigenvalue weighted by Gasteiger charge is -2.13. The highest BCUT2D eigenvalue weighted by Gasteiger charge is 2.20. The summed E-state index contributed by atoms with van der Waals surface area (Å²) in [6.45, 7) is 0. The van der Waals surface area contributed by atoms with Gasteiger partial charge in [-0.25, -0.2) is 9.59 Å². The zero-order chi connectivity index (χ0) is 18.6. The van der Waals surface area contributed by atoms with Gasteiger partial charge in [-0.15, -0.1) is 0 Å². The Bertz CT molecular complexity index is 849. The fraction of sp³-hybridized carbons (Fsp3) is 0.118. The predicted molar refractivity (Wildman–Crippen MR) is 90.7 cm³/mol. The number of hydrogen-bond acceptors (Lipinski definition) is 5. The molecule has 130 valence electrons. The van der Waals surface area contributed by atoms with Gasteiger partial charge in [0.25, 0.3) is 5.91 Å². The highest BCUT2D eigenvalue weighted by Crippen LogP contribution is 2.31. The van der Waals surface area contributed by atoms with Crippen molar-refractivity contribution in [3.63, 3.8) is 0 Å². The number of carboxylic acid groups (broad SMARTS) is 1. The topological polar surface area (TPSA) is 102 Å². The first-order valence-electron chi connectivity index (χ1n) is 6.98. The largest absolute Gasteiger partial charge is 0.496 e. The van der Waals surface area contributed by atoms with E-state index in [1.165, 1.54) is 38.5 Å². The van der Waals surface area contributed by atoms with Crippen LogP contribution in [0.25, 0.3) is 0 Å². The molecule has 0 atom stereocenters. The van der Waals surface area contributed by atoms with Crippen molar-refractivity contribution in [1.29, 1.82) is 0 Å². The maximum absolute atomic E-state index is 12.5. The Balaban J connectivity index is 2.39. The van der Waals surface area contributed by atoms with Crippen molar-refractivity contribution in [2.75, 3.05) is 19.5 Å². The lowest BCUT2D eigenvalue weighted by atomic mass is 10.1. The Morgan fingerprint density at radius 3 is 2.24 bits per heavy atom. The van der Waals surface area contributed by atoms with Crippen LogP contribution < -0.4 is 10.1 Å². The number of amides is 1. The van der Waals surface area contributed by atoms with Gasteiger partial charge in [0.05, 0.1) is 36.1 Å². The van der Waals surface area contributed by atoms with E-state index in [2.05, 4.69) is 10.1 Å². The number of methoxy groups -OCH3 is 2. The molecule has 0 aromatic heterocycles. The molecule has 25 heavy (non-hydrogen) atoms. The molecular formula is C17H14ClNO6. The van der Waals surface area contributed by atoms with E-state index in [1.807, 2.05) is 0 Å². The van der Waals surface area contributed by atoms with Gasteiger partial charge in [0, 0.05) is 6.07 Å². The van der Waals surface area contributed by atoms with Crippen molar-refractivity contribution in [3.05, 3.63) is 58.1 Å². The molecule has 0 aliphatic rings. The van der Waals surface area contributed by atoms with Gasteiger partial charge in [-0.3, -0.25) is 4.79 Å². The molecule has 0 aliphatic heterocycles. The van der Waals surface area contributed by atoms with Gasteiger partial charge >= 0.3 is 11.9 Å². The highest BCUT2D eigenvalue weighted by molar-refractivity contribution is 6.34. The zero-order valence-electron chi connectivity index (χ0n) is 13.3. The highest BCUT2D eigenvalue weighted by atomic mass is 35.5. The van der Waals surface area contributed by atoms with Gasteiger partial charge < -0.3 is 19.9 Å². The number of benzene rings is 2. The lowest BCUT2D eigenvalue weighted by Crippen LogP contribution is -2.17. The summed E-state index contributed by atoms with van der Waals surface area (Å²) in [5, 5.41) is 11.7. The first-order valence-corrected chi connectivity index (χ1v) is 7.36. The molecule has 2 N–H and O–H groups in total. The van der Waals surface area contributed by atoms with Crippen molar-refractivity contribution in [2.24, 2.45) is 0 Å². The van der Waals surface area contributed by atoms with Gasteiger partial charge in [-0.05, 0) is 18.2 Å². The molecule has 0 unspecified atom stereocenters. The Morgan fingerprint density at radius 1 is 1.04 bits per heavy atom. The maximum Gasteiger partial charge on any atom is 0.339 e. The van der Waals surface area contributed by atoms with E-state index in [1.54, 1.807) is 12.1 Å². The van der Waals surface area contributed by atoms with Crippen LogP contribution in [0.2, 0.25) is 5.02 Å². The molecule has 0 saturated heterocycles. The first-order chi connectivity index (χ1) is 11.9. The third kappa shape index (κ3) is 3.89. The number of hydrogen-bond donors (Lipinski definition) is 2. The molecule has 2 aromatic carbocycles. The Morgan fingerprint density at radius 2 is 1.68 bits per heavy atom. The summed E-state index contributed by atoms with van der Waals surface area (Å²) in [5.74, 6) is -2.44. The summed E-state index contributed by atoms with van der Waals surface area (Å²) in [5.41, 5.74) is 0.188.